The van der Waals surface area contributed by atoms with E-state index >= 15 is 0 Å². The van der Waals surface area contributed by atoms with Crippen molar-refractivity contribution in [2.75, 3.05) is 32.7 Å². The van der Waals surface area contributed by atoms with E-state index < -0.39 is 10.0 Å². The van der Waals surface area contributed by atoms with E-state index in [1.165, 1.54) is 4.31 Å². The predicted octanol–water partition coefficient (Wildman–Crippen LogP) is 0.443. The van der Waals surface area contributed by atoms with Crippen LogP contribution in [0.2, 0.25) is 0 Å². The van der Waals surface area contributed by atoms with Gasteiger partial charge < -0.3 is 10.2 Å². The molecule has 0 saturated carbocycles. The lowest BCUT2D eigenvalue weighted by Gasteiger charge is -2.31. The molecule has 146 valence electrons. The molecule has 0 radical (unpaired) electrons. The number of hydrogen-bond donors (Lipinski definition) is 2. The third-order valence-electron chi connectivity index (χ3n) is 4.96. The van der Waals surface area contributed by atoms with Crippen molar-refractivity contribution in [3.63, 3.8) is 0 Å². The van der Waals surface area contributed by atoms with Crippen LogP contribution in [0.4, 0.5) is 0 Å². The quantitative estimate of drug-likeness (QED) is 0.686. The molecular weight excluding hydrogens is 350 g/mol. The number of hydrogen-bond acceptors (Lipinski definition) is 3. The van der Waals surface area contributed by atoms with Gasteiger partial charge in [0.2, 0.25) is 10.0 Å². The molecule has 2 rings (SSSR count). The van der Waals surface area contributed by atoms with E-state index in [-0.39, 0.29) is 11.9 Å². The number of piperazine rings is 1. The van der Waals surface area contributed by atoms with Crippen molar-refractivity contribution >= 4 is 15.9 Å². The van der Waals surface area contributed by atoms with Crippen molar-refractivity contribution < 1.29 is 18.1 Å². The van der Waals surface area contributed by atoms with Crippen LogP contribution in [0, 0.1) is 0 Å². The summed E-state index contributed by atoms with van der Waals surface area (Å²) in [6, 6.07) is 7.39. The molecule has 1 saturated heterocycles. The fraction of sp³-hybridized carbons (Fsp3) is 0.632. The summed E-state index contributed by atoms with van der Waals surface area (Å²) in [5, 5.41) is 2.97. The van der Waals surface area contributed by atoms with Crippen LogP contribution >= 0.6 is 0 Å². The molecule has 1 atom stereocenters. The summed E-state index contributed by atoms with van der Waals surface area (Å²) in [6.45, 7) is 8.75. The van der Waals surface area contributed by atoms with Crippen LogP contribution in [-0.4, -0.2) is 57.4 Å². The van der Waals surface area contributed by atoms with Crippen LogP contribution in [0.3, 0.4) is 0 Å². The number of amides is 1. The number of sulfonamides is 1. The molecule has 1 heterocycles. The van der Waals surface area contributed by atoms with E-state index in [0.29, 0.717) is 37.6 Å². The topological polar surface area (TPSA) is 70.9 Å². The van der Waals surface area contributed by atoms with Gasteiger partial charge in [0.05, 0.1) is 31.1 Å². The molecule has 1 aliphatic heterocycles. The maximum Gasteiger partial charge on any atom is 0.275 e. The van der Waals surface area contributed by atoms with Gasteiger partial charge in [0, 0.05) is 6.04 Å². The zero-order valence-corrected chi connectivity index (χ0v) is 16.9. The van der Waals surface area contributed by atoms with Crippen molar-refractivity contribution in [3.05, 3.63) is 29.8 Å². The van der Waals surface area contributed by atoms with E-state index in [4.69, 9.17) is 0 Å². The molecule has 0 aliphatic carbocycles. The van der Waals surface area contributed by atoms with Gasteiger partial charge in [0.1, 0.15) is 0 Å². The minimum Gasteiger partial charge on any atom is -0.349 e. The van der Waals surface area contributed by atoms with Crippen molar-refractivity contribution in [2.24, 2.45) is 0 Å². The van der Waals surface area contributed by atoms with Crippen LogP contribution in [0.5, 0.6) is 0 Å². The molecule has 6 nitrogen and oxygen atoms in total. The molecule has 7 heteroatoms. The molecule has 0 aromatic heterocycles. The molecule has 1 fully saturated rings. The van der Waals surface area contributed by atoms with Gasteiger partial charge in [-0.1, -0.05) is 32.4 Å². The average molecular weight is 383 g/mol. The summed E-state index contributed by atoms with van der Waals surface area (Å²) in [7, 11) is -3.45. The van der Waals surface area contributed by atoms with Gasteiger partial charge in [0.15, 0.2) is 6.54 Å². The highest BCUT2D eigenvalue weighted by Crippen LogP contribution is 2.17. The van der Waals surface area contributed by atoms with Gasteiger partial charge in [-0.2, -0.15) is 4.31 Å². The highest BCUT2D eigenvalue weighted by atomic mass is 32.2. The Balaban J connectivity index is 1.90. The minimum atomic E-state index is -3.45. The van der Waals surface area contributed by atoms with Crippen LogP contribution in [0.25, 0.3) is 0 Å². The Morgan fingerprint density at radius 1 is 1.19 bits per heavy atom. The van der Waals surface area contributed by atoms with E-state index in [1.807, 2.05) is 26.0 Å². The number of nitrogens with zero attached hydrogens (tertiary/aromatic N) is 1. The second-order valence-corrected chi connectivity index (χ2v) is 9.04. The third kappa shape index (κ3) is 5.53. The second kappa shape index (κ2) is 9.48. The Morgan fingerprint density at radius 2 is 1.81 bits per heavy atom. The number of benzene rings is 1. The van der Waals surface area contributed by atoms with Gasteiger partial charge in [-0.05, 0) is 37.5 Å². The average Bonchev–Trinajstić information content (AvgIpc) is 2.62. The highest BCUT2D eigenvalue weighted by Gasteiger charge is 2.31. The molecule has 0 unspecified atom stereocenters. The minimum absolute atomic E-state index is 0.0390. The molecule has 0 bridgehead atoms. The van der Waals surface area contributed by atoms with Gasteiger partial charge >= 0.3 is 0 Å². The first-order valence-electron chi connectivity index (χ1n) is 9.58. The molecule has 1 aromatic rings. The van der Waals surface area contributed by atoms with E-state index in [2.05, 4.69) is 12.2 Å². The number of carbonyl (C=O) groups is 1. The molecule has 2 N–H and O–H groups in total. The normalized spacial score (nSPS) is 17.8. The molecule has 0 spiro atoms. The largest absolute Gasteiger partial charge is 0.349 e. The lowest BCUT2D eigenvalue weighted by molar-refractivity contribution is -0.895. The van der Waals surface area contributed by atoms with Crippen molar-refractivity contribution in [3.8, 4) is 0 Å². The monoisotopic (exact) mass is 382 g/mol. The fourth-order valence-corrected chi connectivity index (χ4v) is 4.58. The SMILES string of the molecule is CCCc1ccc(S(=O)(=O)N2CC[NH+](CC(=O)N[C@H](C)CC)CC2)cc1. The summed E-state index contributed by atoms with van der Waals surface area (Å²) in [6.07, 6.45) is 2.91. The lowest BCUT2D eigenvalue weighted by Crippen LogP contribution is -3.15. The zero-order chi connectivity index (χ0) is 19.2. The smallest absolute Gasteiger partial charge is 0.275 e. The molecule has 26 heavy (non-hydrogen) atoms. The maximum absolute atomic E-state index is 12.8. The maximum atomic E-state index is 12.8. The molecule has 1 aliphatic rings. The number of quaternary nitrogens is 1. The Labute approximate surface area is 157 Å². The summed E-state index contributed by atoms with van der Waals surface area (Å²) in [5.41, 5.74) is 1.16. The Kier molecular flexibility index (Phi) is 7.61. The van der Waals surface area contributed by atoms with E-state index in [0.717, 1.165) is 29.7 Å². The number of aryl methyl sites for hydroxylation is 1. The number of rotatable bonds is 8. The highest BCUT2D eigenvalue weighted by molar-refractivity contribution is 7.89. The first-order valence-corrected chi connectivity index (χ1v) is 11.0. The second-order valence-electron chi connectivity index (χ2n) is 7.10. The van der Waals surface area contributed by atoms with E-state index in [9.17, 15) is 13.2 Å². The number of nitrogens with one attached hydrogen (secondary N) is 2. The third-order valence-corrected chi connectivity index (χ3v) is 6.87. The first kappa shape index (κ1) is 20.9. The van der Waals surface area contributed by atoms with Gasteiger partial charge in [-0.3, -0.25) is 4.79 Å². The molecule has 1 amide bonds. The molecule has 1 aromatic carbocycles. The molecular formula is C19H32N3O3S+. The van der Waals surface area contributed by atoms with E-state index in [1.54, 1.807) is 12.1 Å². The first-order chi connectivity index (χ1) is 12.4. The van der Waals surface area contributed by atoms with Crippen LogP contribution in [0.1, 0.15) is 39.2 Å². The van der Waals surface area contributed by atoms with Gasteiger partial charge in [-0.25, -0.2) is 8.42 Å². The predicted molar refractivity (Wildman–Crippen MR) is 103 cm³/mol. The number of carbonyl (C=O) groups excluding carboxylic acids is 1. The Bertz CT molecular complexity index is 680. The van der Waals surface area contributed by atoms with Gasteiger partial charge in [-0.15, -0.1) is 0 Å². The lowest BCUT2D eigenvalue weighted by atomic mass is 10.1. The zero-order valence-electron chi connectivity index (χ0n) is 16.1. The standard InChI is InChI=1S/C19H31N3O3S/c1-4-6-17-7-9-18(10-8-17)26(24,25)22-13-11-21(12-14-22)15-19(23)20-16(3)5-2/h7-10,16H,4-6,11-15H2,1-3H3,(H,20,23)/p+1/t16-/m1/s1. The van der Waals surface area contributed by atoms with Crippen LogP contribution < -0.4 is 10.2 Å². The summed E-state index contributed by atoms with van der Waals surface area (Å²) in [4.78, 5) is 13.5. The van der Waals surface area contributed by atoms with Crippen molar-refractivity contribution in [1.82, 2.24) is 9.62 Å². The summed E-state index contributed by atoms with van der Waals surface area (Å²) >= 11 is 0. The fourth-order valence-electron chi connectivity index (χ4n) is 3.14. The Morgan fingerprint density at radius 3 is 2.35 bits per heavy atom. The summed E-state index contributed by atoms with van der Waals surface area (Å²) in [5.74, 6) is 0.0390. The Hall–Kier alpha value is -1.44. The van der Waals surface area contributed by atoms with Crippen LogP contribution in [0.15, 0.2) is 29.2 Å². The van der Waals surface area contributed by atoms with Gasteiger partial charge in [0.25, 0.3) is 5.91 Å². The van der Waals surface area contributed by atoms with Crippen LogP contribution in [-0.2, 0) is 21.2 Å². The van der Waals surface area contributed by atoms with Crippen molar-refractivity contribution in [2.45, 2.75) is 51.0 Å². The summed E-state index contributed by atoms with van der Waals surface area (Å²) < 4.78 is 27.2. The van der Waals surface area contributed by atoms with Crippen molar-refractivity contribution in [1.29, 1.82) is 0 Å².